The fourth-order valence-electron chi connectivity index (χ4n) is 3.28. The number of hydrogen-bond donors (Lipinski definition) is 2. The van der Waals surface area contributed by atoms with Gasteiger partial charge in [0, 0.05) is 13.1 Å². The molecule has 0 aromatic heterocycles. The Kier molecular flexibility index (Phi) is 3.92. The average molecular weight is 288 g/mol. The number of nitrogens with one attached hydrogen (secondary N) is 1. The molecule has 0 spiro atoms. The summed E-state index contributed by atoms with van der Waals surface area (Å²) in [7, 11) is 0. The van der Waals surface area contributed by atoms with E-state index in [1.165, 1.54) is 11.1 Å². The smallest absolute Gasteiger partial charge is 0.326 e. The monoisotopic (exact) mass is 288 g/mol. The second kappa shape index (κ2) is 5.85. The van der Waals surface area contributed by atoms with Gasteiger partial charge in [0.2, 0.25) is 5.91 Å². The number of carbonyl (C=O) groups is 2. The van der Waals surface area contributed by atoms with Crippen molar-refractivity contribution in [3.05, 3.63) is 35.4 Å². The van der Waals surface area contributed by atoms with Crippen LogP contribution in [0.2, 0.25) is 0 Å². The van der Waals surface area contributed by atoms with Crippen LogP contribution in [0.3, 0.4) is 0 Å². The third kappa shape index (κ3) is 2.78. The summed E-state index contributed by atoms with van der Waals surface area (Å²) in [5.74, 6) is -0.962. The Morgan fingerprint density at radius 3 is 2.71 bits per heavy atom. The first-order valence-corrected chi connectivity index (χ1v) is 7.50. The first kappa shape index (κ1) is 14.1. The summed E-state index contributed by atoms with van der Waals surface area (Å²) in [6, 6.07) is 7.11. The summed E-state index contributed by atoms with van der Waals surface area (Å²) in [6.07, 6.45) is 2.96. The normalized spacial score (nSPS) is 25.2. The van der Waals surface area contributed by atoms with Gasteiger partial charge in [-0.15, -0.1) is 0 Å². The minimum atomic E-state index is -0.890. The molecule has 5 heteroatoms. The van der Waals surface area contributed by atoms with E-state index in [-0.39, 0.29) is 11.9 Å². The van der Waals surface area contributed by atoms with Crippen LogP contribution >= 0.6 is 0 Å². The predicted molar refractivity (Wildman–Crippen MR) is 77.8 cm³/mol. The van der Waals surface area contributed by atoms with Crippen molar-refractivity contribution in [2.24, 2.45) is 0 Å². The lowest BCUT2D eigenvalue weighted by molar-refractivity contribution is -0.153. The Bertz CT molecular complexity index is 558. The fraction of sp³-hybridized carbons (Fsp3) is 0.500. The van der Waals surface area contributed by atoms with Crippen molar-refractivity contribution in [2.75, 3.05) is 6.54 Å². The van der Waals surface area contributed by atoms with Crippen molar-refractivity contribution >= 4 is 11.9 Å². The quantitative estimate of drug-likeness (QED) is 0.857. The Morgan fingerprint density at radius 1 is 1.19 bits per heavy atom. The Labute approximate surface area is 123 Å². The van der Waals surface area contributed by atoms with E-state index in [4.69, 9.17) is 0 Å². The molecule has 21 heavy (non-hydrogen) atoms. The molecule has 2 atom stereocenters. The van der Waals surface area contributed by atoms with Crippen LogP contribution in [0.4, 0.5) is 0 Å². The van der Waals surface area contributed by atoms with Crippen molar-refractivity contribution in [1.29, 1.82) is 0 Å². The van der Waals surface area contributed by atoms with E-state index in [9.17, 15) is 14.7 Å². The van der Waals surface area contributed by atoms with Crippen LogP contribution in [0.15, 0.2) is 24.3 Å². The van der Waals surface area contributed by atoms with E-state index in [0.29, 0.717) is 25.9 Å². The van der Waals surface area contributed by atoms with Gasteiger partial charge in [0.05, 0.1) is 6.04 Å². The molecule has 1 aromatic carbocycles. The molecule has 0 aliphatic carbocycles. The second-order valence-electron chi connectivity index (χ2n) is 5.79. The van der Waals surface area contributed by atoms with Gasteiger partial charge in [-0.1, -0.05) is 24.3 Å². The van der Waals surface area contributed by atoms with E-state index in [1.54, 1.807) is 4.90 Å². The second-order valence-corrected chi connectivity index (χ2v) is 5.79. The van der Waals surface area contributed by atoms with Gasteiger partial charge in [-0.3, -0.25) is 4.79 Å². The van der Waals surface area contributed by atoms with Crippen molar-refractivity contribution in [1.82, 2.24) is 10.2 Å². The zero-order chi connectivity index (χ0) is 14.8. The molecule has 2 aliphatic heterocycles. The highest BCUT2D eigenvalue weighted by atomic mass is 16.4. The van der Waals surface area contributed by atoms with E-state index in [2.05, 4.69) is 11.4 Å². The fourth-order valence-corrected chi connectivity index (χ4v) is 3.28. The zero-order valence-corrected chi connectivity index (χ0v) is 11.9. The molecule has 2 N–H and O–H groups in total. The molecule has 1 aromatic rings. The SMILES string of the molecule is O=C(O)[C@H]1CCCCN1C(=O)[C@@H]1Cc2ccccc2CN1. The lowest BCUT2D eigenvalue weighted by atomic mass is 9.93. The molecular weight excluding hydrogens is 268 g/mol. The Balaban J connectivity index is 1.75. The standard InChI is InChI=1S/C16H20N2O3/c19-15(18-8-4-3-7-14(18)16(20)21)13-9-11-5-1-2-6-12(11)10-17-13/h1-2,5-6,13-14,17H,3-4,7-10H2,(H,20,21)/t13-,14+/m0/s1. The highest BCUT2D eigenvalue weighted by Gasteiger charge is 2.36. The predicted octanol–water partition coefficient (Wildman–Crippen LogP) is 1.17. The molecule has 1 amide bonds. The Hall–Kier alpha value is -1.88. The number of carboxylic acids is 1. The van der Waals surface area contributed by atoms with Gasteiger partial charge in [0.1, 0.15) is 6.04 Å². The van der Waals surface area contributed by atoms with Crippen LogP contribution in [0.5, 0.6) is 0 Å². The molecule has 0 saturated carbocycles. The molecule has 3 rings (SSSR count). The molecule has 5 nitrogen and oxygen atoms in total. The number of fused-ring (bicyclic) bond motifs is 1. The largest absolute Gasteiger partial charge is 0.480 e. The molecule has 2 heterocycles. The van der Waals surface area contributed by atoms with Gasteiger partial charge in [-0.25, -0.2) is 4.79 Å². The van der Waals surface area contributed by atoms with Gasteiger partial charge < -0.3 is 15.3 Å². The van der Waals surface area contributed by atoms with Crippen LogP contribution in [0.1, 0.15) is 30.4 Å². The van der Waals surface area contributed by atoms with Crippen molar-refractivity contribution in [3.8, 4) is 0 Å². The van der Waals surface area contributed by atoms with E-state index in [0.717, 1.165) is 12.8 Å². The van der Waals surface area contributed by atoms with Crippen LogP contribution in [0, 0.1) is 0 Å². The van der Waals surface area contributed by atoms with Crippen molar-refractivity contribution in [2.45, 2.75) is 44.3 Å². The molecule has 1 saturated heterocycles. The van der Waals surface area contributed by atoms with Crippen LogP contribution in [0.25, 0.3) is 0 Å². The van der Waals surface area contributed by atoms with Gasteiger partial charge >= 0.3 is 5.97 Å². The number of aliphatic carboxylic acids is 1. The number of hydrogen-bond acceptors (Lipinski definition) is 3. The number of carboxylic acid groups (broad SMARTS) is 1. The van der Waals surface area contributed by atoms with E-state index < -0.39 is 12.0 Å². The summed E-state index contributed by atoms with van der Waals surface area (Å²) < 4.78 is 0. The lowest BCUT2D eigenvalue weighted by Crippen LogP contribution is -2.56. The number of nitrogens with zero attached hydrogens (tertiary/aromatic N) is 1. The topological polar surface area (TPSA) is 69.6 Å². The van der Waals surface area contributed by atoms with Crippen molar-refractivity contribution < 1.29 is 14.7 Å². The lowest BCUT2D eigenvalue weighted by Gasteiger charge is -2.37. The summed E-state index contributed by atoms with van der Waals surface area (Å²) in [5.41, 5.74) is 2.40. The van der Waals surface area contributed by atoms with E-state index >= 15 is 0 Å². The maximum atomic E-state index is 12.7. The molecular formula is C16H20N2O3. The number of likely N-dealkylation sites (tertiary alicyclic amines) is 1. The number of carbonyl (C=O) groups excluding carboxylic acids is 1. The molecule has 0 unspecified atom stereocenters. The molecule has 112 valence electrons. The van der Waals surface area contributed by atoms with Gasteiger partial charge in [-0.2, -0.15) is 0 Å². The maximum Gasteiger partial charge on any atom is 0.326 e. The van der Waals surface area contributed by atoms with Gasteiger partial charge in [0.25, 0.3) is 0 Å². The number of rotatable bonds is 2. The molecule has 0 radical (unpaired) electrons. The van der Waals surface area contributed by atoms with Crippen molar-refractivity contribution in [3.63, 3.8) is 0 Å². The van der Waals surface area contributed by atoms with Crippen LogP contribution in [-0.4, -0.2) is 40.5 Å². The highest BCUT2D eigenvalue weighted by Crippen LogP contribution is 2.22. The molecule has 2 aliphatic rings. The minimum absolute atomic E-state index is 0.0726. The van der Waals surface area contributed by atoms with Gasteiger partial charge in [-0.05, 0) is 36.8 Å². The van der Waals surface area contributed by atoms with Crippen LogP contribution in [-0.2, 0) is 22.6 Å². The summed E-state index contributed by atoms with van der Waals surface area (Å²) in [4.78, 5) is 25.6. The first-order valence-electron chi connectivity index (χ1n) is 7.50. The zero-order valence-electron chi connectivity index (χ0n) is 11.9. The molecule has 0 bridgehead atoms. The summed E-state index contributed by atoms with van der Waals surface area (Å²) in [6.45, 7) is 1.22. The van der Waals surface area contributed by atoms with E-state index in [1.807, 2.05) is 18.2 Å². The molecule has 1 fully saturated rings. The third-order valence-electron chi connectivity index (χ3n) is 4.45. The number of piperidine rings is 1. The highest BCUT2D eigenvalue weighted by molar-refractivity contribution is 5.87. The Morgan fingerprint density at radius 2 is 1.95 bits per heavy atom. The number of amides is 1. The van der Waals surface area contributed by atoms with Crippen LogP contribution < -0.4 is 5.32 Å². The summed E-state index contributed by atoms with van der Waals surface area (Å²) >= 11 is 0. The summed E-state index contributed by atoms with van der Waals surface area (Å²) in [5, 5.41) is 12.5. The maximum absolute atomic E-state index is 12.7. The minimum Gasteiger partial charge on any atom is -0.480 e. The third-order valence-corrected chi connectivity index (χ3v) is 4.45. The van der Waals surface area contributed by atoms with Gasteiger partial charge in [0.15, 0.2) is 0 Å². The first-order chi connectivity index (χ1) is 10.2. The number of benzene rings is 1. The average Bonchev–Trinajstić information content (AvgIpc) is 2.53.